The van der Waals surface area contributed by atoms with Crippen LogP contribution in [0.1, 0.15) is 11.1 Å². The third-order valence-corrected chi connectivity index (χ3v) is 6.71. The first-order valence-corrected chi connectivity index (χ1v) is 11.3. The Bertz CT molecular complexity index is 1150. The van der Waals surface area contributed by atoms with E-state index >= 15 is 0 Å². The van der Waals surface area contributed by atoms with Crippen LogP contribution in [0.25, 0.3) is 0 Å². The standard InChI is InChI=1S/C24H26N2O4S/c1-19-10-9-12-21(16-19)26(31(28,29)22-13-5-4-6-14-22)18-24(27)25(2)17-20-11-7-8-15-23(20)30-3/h4-16H,17-18H2,1-3H3. The lowest BCUT2D eigenvalue weighted by molar-refractivity contribution is -0.128. The van der Waals surface area contributed by atoms with Crippen molar-refractivity contribution < 1.29 is 17.9 Å². The fourth-order valence-corrected chi connectivity index (χ4v) is 4.67. The quantitative estimate of drug-likeness (QED) is 0.536. The molecule has 162 valence electrons. The average Bonchev–Trinajstić information content (AvgIpc) is 2.78. The molecule has 31 heavy (non-hydrogen) atoms. The van der Waals surface area contributed by atoms with Gasteiger partial charge in [0.25, 0.3) is 10.0 Å². The van der Waals surface area contributed by atoms with E-state index in [1.54, 1.807) is 50.6 Å². The van der Waals surface area contributed by atoms with Crippen LogP contribution in [0.3, 0.4) is 0 Å². The van der Waals surface area contributed by atoms with E-state index in [0.717, 1.165) is 15.4 Å². The van der Waals surface area contributed by atoms with Crippen molar-refractivity contribution in [3.8, 4) is 5.75 Å². The number of hydrogen-bond donors (Lipinski definition) is 0. The van der Waals surface area contributed by atoms with Gasteiger partial charge in [-0.1, -0.05) is 48.5 Å². The third-order valence-electron chi connectivity index (χ3n) is 4.93. The first-order chi connectivity index (χ1) is 14.8. The molecule has 0 fully saturated rings. The number of rotatable bonds is 8. The van der Waals surface area contributed by atoms with Gasteiger partial charge in [-0.3, -0.25) is 9.10 Å². The van der Waals surface area contributed by atoms with Crippen LogP contribution in [0.2, 0.25) is 0 Å². The van der Waals surface area contributed by atoms with Gasteiger partial charge < -0.3 is 9.64 Å². The van der Waals surface area contributed by atoms with E-state index in [1.165, 1.54) is 17.0 Å². The second-order valence-electron chi connectivity index (χ2n) is 7.23. The van der Waals surface area contributed by atoms with Gasteiger partial charge in [-0.15, -0.1) is 0 Å². The molecule has 0 radical (unpaired) electrons. The van der Waals surface area contributed by atoms with Crippen LogP contribution in [0, 0.1) is 6.92 Å². The molecular formula is C24H26N2O4S. The highest BCUT2D eigenvalue weighted by Gasteiger charge is 2.28. The minimum atomic E-state index is -3.92. The zero-order chi connectivity index (χ0) is 22.4. The molecule has 3 aromatic rings. The van der Waals surface area contributed by atoms with E-state index in [9.17, 15) is 13.2 Å². The summed E-state index contributed by atoms with van der Waals surface area (Å²) in [5.41, 5.74) is 2.19. The molecule has 0 heterocycles. The Kier molecular flexibility index (Phi) is 6.97. The molecule has 3 aromatic carbocycles. The number of carbonyl (C=O) groups excluding carboxylic acids is 1. The van der Waals surface area contributed by atoms with Gasteiger partial charge in [-0.05, 0) is 42.8 Å². The number of nitrogens with zero attached hydrogens (tertiary/aromatic N) is 2. The summed E-state index contributed by atoms with van der Waals surface area (Å²) in [6.45, 7) is 1.87. The molecule has 0 saturated carbocycles. The van der Waals surface area contributed by atoms with Crippen molar-refractivity contribution in [3.05, 3.63) is 90.0 Å². The van der Waals surface area contributed by atoms with Gasteiger partial charge in [0, 0.05) is 19.2 Å². The summed E-state index contributed by atoms with van der Waals surface area (Å²) in [4.78, 5) is 14.7. The highest BCUT2D eigenvalue weighted by atomic mass is 32.2. The Morgan fingerprint density at radius 2 is 1.61 bits per heavy atom. The van der Waals surface area contributed by atoms with Crippen molar-refractivity contribution in [2.24, 2.45) is 0 Å². The van der Waals surface area contributed by atoms with Crippen LogP contribution in [0.4, 0.5) is 5.69 Å². The van der Waals surface area contributed by atoms with Gasteiger partial charge in [0.2, 0.25) is 5.91 Å². The van der Waals surface area contributed by atoms with Crippen LogP contribution in [-0.4, -0.2) is 39.9 Å². The summed E-state index contributed by atoms with van der Waals surface area (Å²) < 4.78 is 33.3. The van der Waals surface area contributed by atoms with Crippen molar-refractivity contribution in [3.63, 3.8) is 0 Å². The number of anilines is 1. The normalized spacial score (nSPS) is 11.1. The van der Waals surface area contributed by atoms with E-state index < -0.39 is 10.0 Å². The number of aryl methyl sites for hydroxylation is 1. The topological polar surface area (TPSA) is 66.9 Å². The molecule has 0 saturated heterocycles. The Morgan fingerprint density at radius 3 is 2.29 bits per heavy atom. The molecule has 0 aliphatic heterocycles. The van der Waals surface area contributed by atoms with Gasteiger partial charge in [0.05, 0.1) is 17.7 Å². The molecular weight excluding hydrogens is 412 g/mol. The van der Waals surface area contributed by atoms with Gasteiger partial charge >= 0.3 is 0 Å². The molecule has 0 aliphatic rings. The van der Waals surface area contributed by atoms with Crippen LogP contribution < -0.4 is 9.04 Å². The number of sulfonamides is 1. The highest BCUT2D eigenvalue weighted by Crippen LogP contribution is 2.25. The van der Waals surface area contributed by atoms with Crippen LogP contribution in [0.5, 0.6) is 5.75 Å². The Balaban J connectivity index is 1.90. The Morgan fingerprint density at radius 1 is 0.935 bits per heavy atom. The lowest BCUT2D eigenvalue weighted by Crippen LogP contribution is -2.41. The number of hydrogen-bond acceptors (Lipinski definition) is 4. The monoisotopic (exact) mass is 438 g/mol. The molecule has 3 rings (SSSR count). The molecule has 0 atom stereocenters. The molecule has 0 aromatic heterocycles. The first kappa shape index (κ1) is 22.4. The van der Waals surface area contributed by atoms with E-state index in [-0.39, 0.29) is 17.3 Å². The minimum absolute atomic E-state index is 0.136. The number of carbonyl (C=O) groups is 1. The summed E-state index contributed by atoms with van der Waals surface area (Å²) in [5.74, 6) is 0.349. The van der Waals surface area contributed by atoms with Crippen LogP contribution in [-0.2, 0) is 21.4 Å². The summed E-state index contributed by atoms with van der Waals surface area (Å²) in [6.07, 6.45) is 0. The Hall–Kier alpha value is -3.32. The summed E-state index contributed by atoms with van der Waals surface area (Å²) in [5, 5.41) is 0. The van der Waals surface area contributed by atoms with Crippen molar-refractivity contribution >= 4 is 21.6 Å². The van der Waals surface area contributed by atoms with E-state index in [2.05, 4.69) is 0 Å². The molecule has 1 amide bonds. The van der Waals surface area contributed by atoms with Gasteiger partial charge in [-0.2, -0.15) is 0 Å². The lowest BCUT2D eigenvalue weighted by atomic mass is 10.2. The van der Waals surface area contributed by atoms with E-state index in [1.807, 2.05) is 37.3 Å². The number of benzene rings is 3. The number of ether oxygens (including phenoxy) is 1. The number of para-hydroxylation sites is 1. The third kappa shape index (κ3) is 5.24. The van der Waals surface area contributed by atoms with Crippen LogP contribution in [0.15, 0.2) is 83.8 Å². The fourth-order valence-electron chi connectivity index (χ4n) is 3.24. The second kappa shape index (κ2) is 9.66. The number of methoxy groups -OCH3 is 1. The maximum Gasteiger partial charge on any atom is 0.264 e. The molecule has 0 unspecified atom stereocenters. The van der Waals surface area contributed by atoms with E-state index in [4.69, 9.17) is 4.74 Å². The molecule has 6 nitrogen and oxygen atoms in total. The Labute approximate surface area is 183 Å². The predicted octanol–water partition coefficient (Wildman–Crippen LogP) is 3.86. The summed E-state index contributed by atoms with van der Waals surface area (Å²) in [6, 6.07) is 22.7. The minimum Gasteiger partial charge on any atom is -0.496 e. The SMILES string of the molecule is COc1ccccc1CN(C)C(=O)CN(c1cccc(C)c1)S(=O)(=O)c1ccccc1. The van der Waals surface area contributed by atoms with Crippen LogP contribution >= 0.6 is 0 Å². The van der Waals surface area contributed by atoms with Gasteiger partial charge in [0.15, 0.2) is 0 Å². The molecule has 0 spiro atoms. The maximum atomic E-state index is 13.4. The smallest absolute Gasteiger partial charge is 0.264 e. The average molecular weight is 439 g/mol. The second-order valence-corrected chi connectivity index (χ2v) is 9.09. The van der Waals surface area contributed by atoms with Gasteiger partial charge in [0.1, 0.15) is 12.3 Å². The molecule has 0 bridgehead atoms. The van der Waals surface area contributed by atoms with Crippen molar-refractivity contribution in [2.45, 2.75) is 18.4 Å². The molecule has 7 heteroatoms. The highest BCUT2D eigenvalue weighted by molar-refractivity contribution is 7.92. The lowest BCUT2D eigenvalue weighted by Gasteiger charge is -2.27. The predicted molar refractivity (Wildman–Crippen MR) is 122 cm³/mol. The van der Waals surface area contributed by atoms with Gasteiger partial charge in [-0.25, -0.2) is 8.42 Å². The van der Waals surface area contributed by atoms with Crippen molar-refractivity contribution in [2.75, 3.05) is 25.0 Å². The summed E-state index contributed by atoms with van der Waals surface area (Å²) >= 11 is 0. The number of likely N-dealkylation sites (N-methyl/N-ethyl adjacent to an activating group) is 1. The number of amides is 1. The zero-order valence-electron chi connectivity index (χ0n) is 17.9. The molecule has 0 aliphatic carbocycles. The van der Waals surface area contributed by atoms with E-state index in [0.29, 0.717) is 18.0 Å². The van der Waals surface area contributed by atoms with Crippen molar-refractivity contribution in [1.82, 2.24) is 4.90 Å². The first-order valence-electron chi connectivity index (χ1n) is 9.83. The maximum absolute atomic E-state index is 13.4. The zero-order valence-corrected chi connectivity index (χ0v) is 18.7. The largest absolute Gasteiger partial charge is 0.496 e. The fraction of sp³-hybridized carbons (Fsp3) is 0.208. The van der Waals surface area contributed by atoms with Crippen molar-refractivity contribution in [1.29, 1.82) is 0 Å². The summed E-state index contributed by atoms with van der Waals surface area (Å²) in [7, 11) is -0.697. The molecule has 0 N–H and O–H groups in total.